The van der Waals surface area contributed by atoms with Gasteiger partial charge in [-0.15, -0.1) is 0 Å². The van der Waals surface area contributed by atoms with E-state index in [1.54, 1.807) is 21.3 Å². The molecule has 0 unspecified atom stereocenters. The molecule has 1 amide bonds. The Kier molecular flexibility index (Phi) is 5.06. The van der Waals surface area contributed by atoms with Gasteiger partial charge >= 0.3 is 0 Å². The van der Waals surface area contributed by atoms with E-state index >= 15 is 0 Å². The third kappa shape index (κ3) is 3.21. The molecular weight excluding hydrogens is 378 g/mol. The standard InChI is InChI=1S/C23H29N5O2/c1-2-27-21-16-17(8-9-19(21)28-20(23(27)30)10-11-24-28)22(29)26-14-12-25(13-15-26)18-6-4-3-5-7-18/h8-11,16,18H,2-7,12-15H2,1H3. The zero-order chi connectivity index (χ0) is 20.7. The Morgan fingerprint density at radius 2 is 1.77 bits per heavy atom. The van der Waals surface area contributed by atoms with Crippen LogP contribution in [0.2, 0.25) is 0 Å². The van der Waals surface area contributed by atoms with Crippen molar-refractivity contribution in [3.8, 4) is 0 Å². The van der Waals surface area contributed by atoms with Crippen LogP contribution >= 0.6 is 0 Å². The topological polar surface area (TPSA) is 62.9 Å². The molecule has 158 valence electrons. The average molecular weight is 408 g/mol. The van der Waals surface area contributed by atoms with E-state index in [2.05, 4.69) is 10.00 Å². The van der Waals surface area contributed by atoms with E-state index in [9.17, 15) is 9.59 Å². The maximum absolute atomic E-state index is 13.2. The number of amides is 1. The Morgan fingerprint density at radius 3 is 2.50 bits per heavy atom. The van der Waals surface area contributed by atoms with Crippen molar-refractivity contribution in [2.24, 2.45) is 0 Å². The number of piperazine rings is 1. The highest BCUT2D eigenvalue weighted by atomic mass is 16.2. The van der Waals surface area contributed by atoms with Crippen LogP contribution in [0.5, 0.6) is 0 Å². The van der Waals surface area contributed by atoms with E-state index in [0.29, 0.717) is 23.7 Å². The lowest BCUT2D eigenvalue weighted by atomic mass is 9.94. The second-order valence-corrected chi connectivity index (χ2v) is 8.50. The molecule has 0 bridgehead atoms. The Labute approximate surface area is 175 Å². The number of carbonyl (C=O) groups excluding carboxylic acids is 1. The Balaban J connectivity index is 1.40. The summed E-state index contributed by atoms with van der Waals surface area (Å²) < 4.78 is 3.39. The summed E-state index contributed by atoms with van der Waals surface area (Å²) in [5, 5.41) is 4.30. The molecule has 1 saturated carbocycles. The van der Waals surface area contributed by atoms with Gasteiger partial charge in [0.25, 0.3) is 11.5 Å². The van der Waals surface area contributed by atoms with Crippen molar-refractivity contribution in [2.45, 2.75) is 51.6 Å². The van der Waals surface area contributed by atoms with Crippen LogP contribution in [0.25, 0.3) is 16.6 Å². The fourth-order valence-corrected chi connectivity index (χ4v) is 5.19. The Morgan fingerprint density at radius 1 is 1.00 bits per heavy atom. The van der Waals surface area contributed by atoms with Crippen LogP contribution in [0.15, 0.2) is 35.3 Å². The summed E-state index contributed by atoms with van der Waals surface area (Å²) in [6, 6.07) is 8.07. The summed E-state index contributed by atoms with van der Waals surface area (Å²) in [7, 11) is 0. The number of nitrogens with zero attached hydrogens (tertiary/aromatic N) is 5. The smallest absolute Gasteiger partial charge is 0.277 e. The molecule has 2 aromatic heterocycles. The van der Waals surface area contributed by atoms with Crippen molar-refractivity contribution in [3.05, 3.63) is 46.4 Å². The lowest BCUT2D eigenvalue weighted by Gasteiger charge is -2.40. The first-order chi connectivity index (χ1) is 14.7. The molecule has 3 aromatic rings. The number of aryl methyl sites for hydroxylation is 1. The number of hydrogen-bond acceptors (Lipinski definition) is 4. The normalized spacial score (nSPS) is 19.0. The first-order valence-corrected chi connectivity index (χ1v) is 11.2. The quantitative estimate of drug-likeness (QED) is 0.670. The van der Waals surface area contributed by atoms with Gasteiger partial charge in [0.1, 0.15) is 5.52 Å². The molecule has 7 nitrogen and oxygen atoms in total. The molecule has 0 spiro atoms. The highest BCUT2D eigenvalue weighted by molar-refractivity contribution is 5.97. The van der Waals surface area contributed by atoms with Crippen LogP contribution < -0.4 is 5.56 Å². The van der Waals surface area contributed by atoms with Crippen molar-refractivity contribution < 1.29 is 4.79 Å². The molecule has 1 saturated heterocycles. The summed E-state index contributed by atoms with van der Waals surface area (Å²) in [6.07, 6.45) is 8.28. The van der Waals surface area contributed by atoms with Crippen molar-refractivity contribution >= 4 is 22.5 Å². The minimum atomic E-state index is -0.0757. The molecule has 5 rings (SSSR count). The summed E-state index contributed by atoms with van der Waals surface area (Å²) in [5.41, 5.74) is 2.72. The van der Waals surface area contributed by atoms with Gasteiger partial charge < -0.3 is 9.47 Å². The number of hydrogen-bond donors (Lipinski definition) is 0. The summed E-state index contributed by atoms with van der Waals surface area (Å²) in [6.45, 7) is 5.95. The van der Waals surface area contributed by atoms with Gasteiger partial charge in [0.2, 0.25) is 0 Å². The van der Waals surface area contributed by atoms with Crippen LogP contribution in [0.4, 0.5) is 0 Å². The molecule has 0 radical (unpaired) electrons. The number of benzene rings is 1. The average Bonchev–Trinajstić information content (AvgIpc) is 3.30. The minimum absolute atomic E-state index is 0.0517. The highest BCUT2D eigenvalue weighted by Crippen LogP contribution is 2.24. The third-order valence-corrected chi connectivity index (χ3v) is 6.86. The molecule has 2 fully saturated rings. The molecule has 0 atom stereocenters. The largest absolute Gasteiger partial charge is 0.336 e. The predicted octanol–water partition coefficient (Wildman–Crippen LogP) is 2.76. The molecule has 2 aliphatic rings. The van der Waals surface area contributed by atoms with E-state index in [1.807, 2.05) is 30.0 Å². The Hall–Kier alpha value is -2.67. The van der Waals surface area contributed by atoms with E-state index in [1.165, 1.54) is 32.1 Å². The van der Waals surface area contributed by atoms with Crippen LogP contribution in [-0.2, 0) is 6.54 Å². The van der Waals surface area contributed by atoms with Crippen LogP contribution in [0.1, 0.15) is 49.4 Å². The first kappa shape index (κ1) is 19.3. The maximum atomic E-state index is 13.2. The van der Waals surface area contributed by atoms with Gasteiger partial charge in [-0.1, -0.05) is 19.3 Å². The lowest BCUT2D eigenvalue weighted by Crippen LogP contribution is -2.52. The van der Waals surface area contributed by atoms with Crippen molar-refractivity contribution in [2.75, 3.05) is 26.2 Å². The van der Waals surface area contributed by atoms with E-state index in [4.69, 9.17) is 0 Å². The molecule has 1 aliphatic heterocycles. The van der Waals surface area contributed by atoms with E-state index in [-0.39, 0.29) is 11.5 Å². The molecule has 1 aromatic carbocycles. The monoisotopic (exact) mass is 407 g/mol. The van der Waals surface area contributed by atoms with E-state index < -0.39 is 0 Å². The van der Waals surface area contributed by atoms with Crippen LogP contribution in [-0.4, -0.2) is 62.1 Å². The fraction of sp³-hybridized carbons (Fsp3) is 0.522. The summed E-state index contributed by atoms with van der Waals surface area (Å²) in [5.74, 6) is 0.0517. The fourth-order valence-electron chi connectivity index (χ4n) is 5.19. The summed E-state index contributed by atoms with van der Waals surface area (Å²) >= 11 is 0. The van der Waals surface area contributed by atoms with Crippen molar-refractivity contribution in [1.29, 1.82) is 0 Å². The number of fused-ring (bicyclic) bond motifs is 3. The van der Waals surface area contributed by atoms with Gasteiger partial charge in [-0.25, -0.2) is 4.52 Å². The van der Waals surface area contributed by atoms with Gasteiger partial charge in [0.05, 0.1) is 17.2 Å². The predicted molar refractivity (Wildman–Crippen MR) is 117 cm³/mol. The van der Waals surface area contributed by atoms with Gasteiger partial charge in [0, 0.05) is 44.3 Å². The molecule has 1 aliphatic carbocycles. The van der Waals surface area contributed by atoms with Gasteiger partial charge in [-0.05, 0) is 44.0 Å². The van der Waals surface area contributed by atoms with Crippen LogP contribution in [0, 0.1) is 0 Å². The second-order valence-electron chi connectivity index (χ2n) is 8.50. The highest BCUT2D eigenvalue weighted by Gasteiger charge is 2.27. The molecule has 0 N–H and O–H groups in total. The molecular formula is C23H29N5O2. The van der Waals surface area contributed by atoms with Crippen molar-refractivity contribution in [1.82, 2.24) is 24.0 Å². The van der Waals surface area contributed by atoms with Crippen molar-refractivity contribution in [3.63, 3.8) is 0 Å². The number of carbonyl (C=O) groups is 1. The molecule has 30 heavy (non-hydrogen) atoms. The SMILES string of the molecule is CCn1c(=O)c2ccnn2c2ccc(C(=O)N3CCN(C4CCCCC4)CC3)cc21. The summed E-state index contributed by atoms with van der Waals surface area (Å²) in [4.78, 5) is 30.6. The van der Waals surface area contributed by atoms with Crippen LogP contribution in [0.3, 0.4) is 0 Å². The van der Waals surface area contributed by atoms with Gasteiger partial charge in [0.15, 0.2) is 0 Å². The number of rotatable bonds is 3. The Bertz CT molecular complexity index is 1130. The first-order valence-electron chi connectivity index (χ1n) is 11.2. The maximum Gasteiger partial charge on any atom is 0.277 e. The third-order valence-electron chi connectivity index (χ3n) is 6.86. The van der Waals surface area contributed by atoms with E-state index in [0.717, 1.165) is 37.2 Å². The minimum Gasteiger partial charge on any atom is -0.336 e. The van der Waals surface area contributed by atoms with Gasteiger partial charge in [-0.3, -0.25) is 14.5 Å². The number of aromatic nitrogens is 3. The zero-order valence-electron chi connectivity index (χ0n) is 17.6. The van der Waals surface area contributed by atoms with Gasteiger partial charge in [-0.2, -0.15) is 5.10 Å². The lowest BCUT2D eigenvalue weighted by molar-refractivity contribution is 0.0523. The zero-order valence-corrected chi connectivity index (χ0v) is 17.6. The second kappa shape index (κ2) is 7.87. The molecule has 3 heterocycles. The molecule has 7 heteroatoms.